The smallest absolute Gasteiger partial charge is 0.241 e. The van der Waals surface area contributed by atoms with Crippen LogP contribution in [0, 0.1) is 17.8 Å². The summed E-state index contributed by atoms with van der Waals surface area (Å²) in [7, 11) is 0. The first-order chi connectivity index (χ1) is 9.32. The number of rotatable bonds is 5. The van der Waals surface area contributed by atoms with Gasteiger partial charge in [-0.3, -0.25) is 9.59 Å². The summed E-state index contributed by atoms with van der Waals surface area (Å²) >= 11 is 0. The first-order valence-corrected chi connectivity index (χ1v) is 7.64. The van der Waals surface area contributed by atoms with Gasteiger partial charge in [-0.05, 0) is 30.6 Å². The Morgan fingerprint density at radius 3 is 2.14 bits per heavy atom. The van der Waals surface area contributed by atoms with E-state index in [0.717, 1.165) is 25.9 Å². The monoisotopic (exact) mass is 319 g/mol. The second-order valence-corrected chi connectivity index (χ2v) is 6.45. The first kappa shape index (κ1) is 20.2. The highest BCUT2D eigenvalue weighted by molar-refractivity contribution is 5.87. The standard InChI is InChI=1S/C15H29N3O2.ClH/c1-10(2)12-5-7-18(8-6-12)13(19)9-17-15(20)14(16)11(3)4;/h10-12,14H,5-9,16H2,1-4H3,(H,17,20);1H/t14-;/m0./s1. The van der Waals surface area contributed by atoms with Gasteiger partial charge in [0, 0.05) is 13.1 Å². The fourth-order valence-corrected chi connectivity index (χ4v) is 2.51. The molecule has 21 heavy (non-hydrogen) atoms. The van der Waals surface area contributed by atoms with E-state index in [1.807, 2.05) is 18.7 Å². The molecule has 1 aliphatic rings. The molecule has 6 heteroatoms. The van der Waals surface area contributed by atoms with Crippen LogP contribution in [-0.4, -0.2) is 42.4 Å². The third-order valence-corrected chi connectivity index (χ3v) is 4.27. The fourth-order valence-electron chi connectivity index (χ4n) is 2.51. The van der Waals surface area contributed by atoms with Gasteiger partial charge >= 0.3 is 0 Å². The minimum Gasteiger partial charge on any atom is -0.346 e. The quantitative estimate of drug-likeness (QED) is 0.804. The predicted molar refractivity (Wildman–Crippen MR) is 87.2 cm³/mol. The van der Waals surface area contributed by atoms with E-state index in [4.69, 9.17) is 5.73 Å². The lowest BCUT2D eigenvalue weighted by Crippen LogP contribution is -2.49. The number of nitrogens with two attached hydrogens (primary N) is 1. The van der Waals surface area contributed by atoms with Gasteiger partial charge in [0.15, 0.2) is 0 Å². The average Bonchev–Trinajstić information content (AvgIpc) is 2.43. The van der Waals surface area contributed by atoms with Gasteiger partial charge < -0.3 is 16.0 Å². The topological polar surface area (TPSA) is 75.4 Å². The van der Waals surface area contributed by atoms with Crippen molar-refractivity contribution in [2.24, 2.45) is 23.5 Å². The molecule has 0 saturated carbocycles. The van der Waals surface area contributed by atoms with Crippen LogP contribution in [0.15, 0.2) is 0 Å². The molecule has 0 bridgehead atoms. The van der Waals surface area contributed by atoms with Gasteiger partial charge in [-0.2, -0.15) is 0 Å². The number of amides is 2. The summed E-state index contributed by atoms with van der Waals surface area (Å²) in [5, 5.41) is 2.64. The third kappa shape index (κ3) is 6.22. The average molecular weight is 320 g/mol. The molecule has 1 heterocycles. The number of nitrogens with zero attached hydrogens (tertiary/aromatic N) is 1. The van der Waals surface area contributed by atoms with E-state index in [-0.39, 0.29) is 36.7 Å². The van der Waals surface area contributed by atoms with Crippen LogP contribution in [-0.2, 0) is 9.59 Å². The van der Waals surface area contributed by atoms with Crippen molar-refractivity contribution >= 4 is 24.2 Å². The second kappa shape index (κ2) is 9.26. The van der Waals surface area contributed by atoms with Crippen LogP contribution in [0.1, 0.15) is 40.5 Å². The highest BCUT2D eigenvalue weighted by atomic mass is 35.5. The zero-order chi connectivity index (χ0) is 15.3. The maximum atomic E-state index is 12.0. The van der Waals surface area contributed by atoms with Crippen molar-refractivity contribution in [3.8, 4) is 0 Å². The van der Waals surface area contributed by atoms with Crippen LogP contribution < -0.4 is 11.1 Å². The zero-order valence-corrected chi connectivity index (χ0v) is 14.4. The molecule has 1 aliphatic heterocycles. The Hall–Kier alpha value is -0.810. The van der Waals surface area contributed by atoms with Crippen LogP contribution in [0.3, 0.4) is 0 Å². The van der Waals surface area contributed by atoms with E-state index in [9.17, 15) is 9.59 Å². The molecule has 0 aromatic rings. The summed E-state index contributed by atoms with van der Waals surface area (Å²) in [4.78, 5) is 25.6. The van der Waals surface area contributed by atoms with Crippen molar-refractivity contribution in [3.63, 3.8) is 0 Å². The van der Waals surface area contributed by atoms with Gasteiger partial charge in [-0.1, -0.05) is 27.7 Å². The second-order valence-electron chi connectivity index (χ2n) is 6.45. The fraction of sp³-hybridized carbons (Fsp3) is 0.867. The predicted octanol–water partition coefficient (Wildman–Crippen LogP) is 1.40. The molecule has 5 nitrogen and oxygen atoms in total. The van der Waals surface area contributed by atoms with Crippen LogP contribution in [0.25, 0.3) is 0 Å². The van der Waals surface area contributed by atoms with Crippen molar-refractivity contribution in [3.05, 3.63) is 0 Å². The maximum Gasteiger partial charge on any atom is 0.241 e. The number of halogens is 1. The zero-order valence-electron chi connectivity index (χ0n) is 13.6. The molecule has 0 aromatic heterocycles. The van der Waals surface area contributed by atoms with Crippen LogP contribution in [0.5, 0.6) is 0 Å². The number of carbonyl (C=O) groups excluding carboxylic acids is 2. The van der Waals surface area contributed by atoms with Crippen molar-refractivity contribution < 1.29 is 9.59 Å². The van der Waals surface area contributed by atoms with Crippen molar-refractivity contribution in [1.82, 2.24) is 10.2 Å². The Kier molecular flexibility index (Phi) is 8.90. The number of likely N-dealkylation sites (tertiary alicyclic amines) is 1. The minimum absolute atomic E-state index is 0. The molecular formula is C15H30ClN3O2. The summed E-state index contributed by atoms with van der Waals surface area (Å²) in [6.07, 6.45) is 2.12. The van der Waals surface area contributed by atoms with Gasteiger partial charge in [0.1, 0.15) is 0 Å². The van der Waals surface area contributed by atoms with Crippen LogP contribution in [0.2, 0.25) is 0 Å². The molecule has 0 spiro atoms. The van der Waals surface area contributed by atoms with E-state index < -0.39 is 6.04 Å². The maximum absolute atomic E-state index is 12.0. The normalized spacial score (nSPS) is 17.6. The Balaban J connectivity index is 0.00000400. The molecule has 2 amide bonds. The lowest BCUT2D eigenvalue weighted by molar-refractivity contribution is -0.134. The van der Waals surface area contributed by atoms with E-state index in [1.54, 1.807) is 0 Å². The van der Waals surface area contributed by atoms with E-state index in [0.29, 0.717) is 11.8 Å². The van der Waals surface area contributed by atoms with Crippen molar-refractivity contribution in [2.75, 3.05) is 19.6 Å². The number of hydrogen-bond acceptors (Lipinski definition) is 3. The Labute approximate surface area is 134 Å². The van der Waals surface area contributed by atoms with E-state index in [2.05, 4.69) is 19.2 Å². The third-order valence-electron chi connectivity index (χ3n) is 4.27. The molecule has 1 fully saturated rings. The summed E-state index contributed by atoms with van der Waals surface area (Å²) in [5.41, 5.74) is 5.74. The Bertz CT molecular complexity index is 340. The molecule has 124 valence electrons. The Morgan fingerprint density at radius 1 is 1.19 bits per heavy atom. The molecule has 0 aromatic carbocycles. The van der Waals surface area contributed by atoms with Gasteiger partial charge in [0.05, 0.1) is 12.6 Å². The molecule has 3 N–H and O–H groups in total. The summed E-state index contributed by atoms with van der Waals surface area (Å²) in [5.74, 6) is 1.22. The molecule has 1 saturated heterocycles. The summed E-state index contributed by atoms with van der Waals surface area (Å²) in [6, 6.07) is -0.547. The van der Waals surface area contributed by atoms with Crippen LogP contribution in [0.4, 0.5) is 0 Å². The number of nitrogens with one attached hydrogen (secondary N) is 1. The summed E-state index contributed by atoms with van der Waals surface area (Å²) < 4.78 is 0. The highest BCUT2D eigenvalue weighted by Crippen LogP contribution is 2.24. The highest BCUT2D eigenvalue weighted by Gasteiger charge is 2.25. The van der Waals surface area contributed by atoms with Crippen LogP contribution >= 0.6 is 12.4 Å². The van der Waals surface area contributed by atoms with Gasteiger partial charge in [-0.15, -0.1) is 12.4 Å². The molecular weight excluding hydrogens is 290 g/mol. The number of piperidine rings is 1. The van der Waals surface area contributed by atoms with E-state index in [1.165, 1.54) is 0 Å². The molecule has 0 unspecified atom stereocenters. The molecule has 0 radical (unpaired) electrons. The van der Waals surface area contributed by atoms with Gasteiger partial charge in [0.25, 0.3) is 0 Å². The first-order valence-electron chi connectivity index (χ1n) is 7.64. The van der Waals surface area contributed by atoms with Crippen molar-refractivity contribution in [2.45, 2.75) is 46.6 Å². The minimum atomic E-state index is -0.547. The lowest BCUT2D eigenvalue weighted by Gasteiger charge is -2.34. The lowest BCUT2D eigenvalue weighted by atomic mass is 9.87. The molecule has 1 atom stereocenters. The number of hydrogen-bond donors (Lipinski definition) is 2. The number of carbonyl (C=O) groups is 2. The van der Waals surface area contributed by atoms with E-state index >= 15 is 0 Å². The Morgan fingerprint density at radius 2 is 1.71 bits per heavy atom. The van der Waals surface area contributed by atoms with Gasteiger partial charge in [-0.25, -0.2) is 0 Å². The largest absolute Gasteiger partial charge is 0.346 e. The SMILES string of the molecule is CC(C)C1CCN(C(=O)CNC(=O)[C@@H](N)C(C)C)CC1.Cl. The summed E-state index contributed by atoms with van der Waals surface area (Å²) in [6.45, 7) is 9.91. The van der Waals surface area contributed by atoms with Crippen molar-refractivity contribution in [1.29, 1.82) is 0 Å². The molecule has 0 aliphatic carbocycles. The molecule has 1 rings (SSSR count). The van der Waals surface area contributed by atoms with Gasteiger partial charge in [0.2, 0.25) is 11.8 Å².